The third-order valence-corrected chi connectivity index (χ3v) is 7.26. The average molecular weight is 515 g/mol. The first kappa shape index (κ1) is 24.5. The molecular formula is C29H26N2O5S. The number of rotatable bonds is 6. The number of ether oxygens (including phenoxy) is 1. The quantitative estimate of drug-likeness (QED) is 0.185. The topological polar surface area (TPSA) is 100.0 Å². The molecule has 2 N–H and O–H groups in total. The maximum absolute atomic E-state index is 13.5. The number of hydrogen-bond donors (Lipinski definition) is 2. The molecular weight excluding hydrogens is 488 g/mol. The Bertz CT molecular complexity index is 1550. The van der Waals surface area contributed by atoms with Gasteiger partial charge in [-0.05, 0) is 67.3 Å². The van der Waals surface area contributed by atoms with Gasteiger partial charge < -0.3 is 14.9 Å². The number of phenols is 1. The van der Waals surface area contributed by atoms with E-state index in [1.54, 1.807) is 36.4 Å². The van der Waals surface area contributed by atoms with Crippen LogP contribution in [0.4, 0.5) is 5.13 Å². The summed E-state index contributed by atoms with van der Waals surface area (Å²) in [6, 6.07) is 16.1. The van der Waals surface area contributed by atoms with Crippen LogP contribution in [0.3, 0.4) is 0 Å². The number of nitrogens with zero attached hydrogens (tertiary/aromatic N) is 2. The number of ketones is 1. The fraction of sp³-hybridized carbons (Fsp3) is 0.207. The van der Waals surface area contributed by atoms with Crippen molar-refractivity contribution in [1.29, 1.82) is 0 Å². The first-order valence-corrected chi connectivity index (χ1v) is 12.8. The lowest BCUT2D eigenvalue weighted by molar-refractivity contribution is -0.132. The summed E-state index contributed by atoms with van der Waals surface area (Å²) in [7, 11) is 0. The summed E-state index contributed by atoms with van der Waals surface area (Å²) < 4.78 is 6.60. The van der Waals surface area contributed by atoms with Gasteiger partial charge in [0.25, 0.3) is 5.78 Å². The highest BCUT2D eigenvalue weighted by Crippen LogP contribution is 2.45. The van der Waals surface area contributed by atoms with Crippen LogP contribution in [0.1, 0.15) is 41.6 Å². The number of Topliss-reactive ketones (excluding diaryl/α,β-unsaturated/α-hetero) is 1. The van der Waals surface area contributed by atoms with E-state index in [0.717, 1.165) is 27.8 Å². The van der Waals surface area contributed by atoms with Crippen molar-refractivity contribution in [3.05, 3.63) is 88.5 Å². The maximum atomic E-state index is 13.5. The molecule has 1 saturated heterocycles. The molecule has 4 aromatic rings. The Hall–Kier alpha value is -4.17. The largest absolute Gasteiger partial charge is 0.508 e. The summed E-state index contributed by atoms with van der Waals surface area (Å²) in [5.74, 6) is -1.27. The van der Waals surface area contributed by atoms with Gasteiger partial charge in [-0.25, -0.2) is 4.98 Å². The van der Waals surface area contributed by atoms with Gasteiger partial charge in [-0.1, -0.05) is 48.6 Å². The third-order valence-electron chi connectivity index (χ3n) is 6.26. The Balaban J connectivity index is 1.69. The molecule has 1 fully saturated rings. The van der Waals surface area contributed by atoms with Gasteiger partial charge in [-0.3, -0.25) is 14.5 Å². The van der Waals surface area contributed by atoms with Gasteiger partial charge in [-0.2, -0.15) is 0 Å². The third kappa shape index (κ3) is 4.44. The number of thiazole rings is 1. The number of aliphatic hydroxyl groups excluding tert-OH is 1. The number of aliphatic hydroxyl groups is 1. The van der Waals surface area contributed by atoms with Crippen LogP contribution in [0.15, 0.2) is 66.2 Å². The van der Waals surface area contributed by atoms with Crippen LogP contribution in [0.5, 0.6) is 11.5 Å². The Morgan fingerprint density at radius 3 is 2.57 bits per heavy atom. The minimum Gasteiger partial charge on any atom is -0.508 e. The lowest BCUT2D eigenvalue weighted by Crippen LogP contribution is -2.29. The predicted octanol–water partition coefficient (Wildman–Crippen LogP) is 6.03. The van der Waals surface area contributed by atoms with Crippen molar-refractivity contribution < 1.29 is 24.5 Å². The fourth-order valence-electron chi connectivity index (χ4n) is 4.57. The van der Waals surface area contributed by atoms with Gasteiger partial charge in [0.05, 0.1) is 28.4 Å². The number of aromatic nitrogens is 1. The Kier molecular flexibility index (Phi) is 6.43. The number of carbonyl (C=O) groups excluding carboxylic acids is 2. The van der Waals surface area contributed by atoms with Crippen LogP contribution in [-0.2, 0) is 9.59 Å². The van der Waals surface area contributed by atoms with E-state index < -0.39 is 17.7 Å². The monoisotopic (exact) mass is 514 g/mol. The summed E-state index contributed by atoms with van der Waals surface area (Å²) in [4.78, 5) is 33.0. The van der Waals surface area contributed by atoms with E-state index in [1.165, 1.54) is 28.4 Å². The fourth-order valence-corrected chi connectivity index (χ4v) is 5.74. The molecule has 2 heterocycles. The normalized spacial score (nSPS) is 17.1. The van der Waals surface area contributed by atoms with E-state index in [-0.39, 0.29) is 17.1 Å². The van der Waals surface area contributed by atoms with E-state index >= 15 is 0 Å². The molecule has 0 radical (unpaired) electrons. The van der Waals surface area contributed by atoms with Crippen LogP contribution < -0.4 is 9.64 Å². The second kappa shape index (κ2) is 9.71. The second-order valence-electron chi connectivity index (χ2n) is 9.06. The van der Waals surface area contributed by atoms with Crippen molar-refractivity contribution in [3.63, 3.8) is 0 Å². The number of aryl methyl sites for hydroxylation is 2. The number of benzene rings is 3. The number of amides is 1. The van der Waals surface area contributed by atoms with Crippen LogP contribution in [0.25, 0.3) is 16.0 Å². The van der Waals surface area contributed by atoms with Gasteiger partial charge in [0.2, 0.25) is 0 Å². The molecule has 8 heteroatoms. The zero-order valence-electron chi connectivity index (χ0n) is 20.7. The Morgan fingerprint density at radius 1 is 1.08 bits per heavy atom. The zero-order chi connectivity index (χ0) is 26.3. The van der Waals surface area contributed by atoms with E-state index in [0.29, 0.717) is 28.6 Å². The molecule has 1 amide bonds. The smallest absolute Gasteiger partial charge is 0.301 e. The summed E-state index contributed by atoms with van der Waals surface area (Å²) in [6.07, 6.45) is 0.823. The van der Waals surface area contributed by atoms with Crippen molar-refractivity contribution in [2.24, 2.45) is 0 Å². The average Bonchev–Trinajstić information content (AvgIpc) is 3.41. The predicted molar refractivity (Wildman–Crippen MR) is 144 cm³/mol. The molecule has 0 spiro atoms. The number of carbonyl (C=O) groups is 2. The van der Waals surface area contributed by atoms with Gasteiger partial charge in [0.15, 0.2) is 5.13 Å². The molecule has 0 bridgehead atoms. The molecule has 1 unspecified atom stereocenters. The number of anilines is 1. The molecule has 7 nitrogen and oxygen atoms in total. The molecule has 0 aliphatic carbocycles. The summed E-state index contributed by atoms with van der Waals surface area (Å²) in [6.45, 7) is 6.46. The molecule has 5 rings (SSSR count). The highest BCUT2D eigenvalue weighted by atomic mass is 32.1. The number of phenolic OH excluding ortho intramolecular Hbond substituents is 1. The lowest BCUT2D eigenvalue weighted by atomic mass is 9.95. The van der Waals surface area contributed by atoms with Crippen LogP contribution in [-0.4, -0.2) is 33.5 Å². The van der Waals surface area contributed by atoms with Gasteiger partial charge in [0, 0.05) is 5.56 Å². The zero-order valence-corrected chi connectivity index (χ0v) is 21.5. The van der Waals surface area contributed by atoms with Crippen molar-refractivity contribution in [2.75, 3.05) is 11.5 Å². The molecule has 1 atom stereocenters. The first-order valence-electron chi connectivity index (χ1n) is 12.0. The van der Waals surface area contributed by atoms with Gasteiger partial charge >= 0.3 is 5.91 Å². The standard InChI is InChI=1S/C29H26N2O5S/c1-4-12-36-21-7-5-6-19(15-21)26(33)23-25(18-8-10-20(32)11-9-18)31(28(35)27(23)34)29-30-24-17(3)13-16(2)14-22(24)37-29/h5-11,13-15,25,32-33H,4,12H2,1-3H3. The van der Waals surface area contributed by atoms with E-state index in [9.17, 15) is 19.8 Å². The van der Waals surface area contributed by atoms with E-state index in [1.807, 2.05) is 32.9 Å². The molecule has 0 saturated carbocycles. The van der Waals surface area contributed by atoms with Gasteiger partial charge in [0.1, 0.15) is 17.3 Å². The molecule has 188 valence electrons. The van der Waals surface area contributed by atoms with Crippen molar-refractivity contribution >= 4 is 44.1 Å². The van der Waals surface area contributed by atoms with E-state index in [2.05, 4.69) is 0 Å². The highest BCUT2D eigenvalue weighted by Gasteiger charge is 2.48. The molecule has 1 aliphatic heterocycles. The Labute approximate surface area is 218 Å². The molecule has 1 aromatic heterocycles. The Morgan fingerprint density at radius 2 is 1.84 bits per heavy atom. The van der Waals surface area contributed by atoms with Crippen molar-refractivity contribution in [1.82, 2.24) is 4.98 Å². The number of aromatic hydroxyl groups is 1. The maximum Gasteiger partial charge on any atom is 0.301 e. The van der Waals surface area contributed by atoms with Gasteiger partial charge in [-0.15, -0.1) is 0 Å². The second-order valence-corrected chi connectivity index (χ2v) is 10.1. The van der Waals surface area contributed by atoms with Crippen LogP contribution in [0.2, 0.25) is 0 Å². The molecule has 37 heavy (non-hydrogen) atoms. The summed E-state index contributed by atoms with van der Waals surface area (Å²) in [5.41, 5.74) is 3.69. The molecule has 1 aliphatic rings. The molecule has 3 aromatic carbocycles. The highest BCUT2D eigenvalue weighted by molar-refractivity contribution is 7.22. The van der Waals surface area contributed by atoms with Crippen molar-refractivity contribution in [2.45, 2.75) is 33.2 Å². The minimum absolute atomic E-state index is 0.0458. The number of fused-ring (bicyclic) bond motifs is 1. The summed E-state index contributed by atoms with van der Waals surface area (Å²) >= 11 is 1.32. The first-order chi connectivity index (χ1) is 17.8. The van der Waals surface area contributed by atoms with E-state index in [4.69, 9.17) is 9.72 Å². The minimum atomic E-state index is -0.928. The lowest BCUT2D eigenvalue weighted by Gasteiger charge is -2.23. The van der Waals surface area contributed by atoms with Crippen molar-refractivity contribution in [3.8, 4) is 11.5 Å². The SMILES string of the molecule is CCCOc1cccc(C(O)=C2C(=O)C(=O)N(c3nc4c(C)cc(C)cc4s3)C2c2ccc(O)cc2)c1. The summed E-state index contributed by atoms with van der Waals surface area (Å²) in [5, 5.41) is 21.6. The van der Waals surface area contributed by atoms with Crippen LogP contribution >= 0.6 is 11.3 Å². The van der Waals surface area contributed by atoms with Crippen LogP contribution in [0, 0.1) is 13.8 Å². The number of hydrogen-bond acceptors (Lipinski definition) is 7.